The Morgan fingerprint density at radius 3 is 2.67 bits per heavy atom. The summed E-state index contributed by atoms with van der Waals surface area (Å²) in [6.45, 7) is 3.77. The molecule has 0 spiro atoms. The fraction of sp³-hybridized carbons (Fsp3) is 0.417. The summed E-state index contributed by atoms with van der Waals surface area (Å²) >= 11 is 0. The van der Waals surface area contributed by atoms with Crippen molar-refractivity contribution in [1.29, 1.82) is 0 Å². The molecule has 0 unspecified atom stereocenters. The maximum Gasteiger partial charge on any atom is 0.165 e. The van der Waals surface area contributed by atoms with Crippen molar-refractivity contribution in [3.63, 3.8) is 0 Å². The van der Waals surface area contributed by atoms with Gasteiger partial charge in [-0.1, -0.05) is 26.0 Å². The van der Waals surface area contributed by atoms with E-state index in [1.807, 2.05) is 13.8 Å². The molecule has 1 atom stereocenters. The molecule has 82 valence electrons. The molecule has 3 heteroatoms. The highest BCUT2D eigenvalue weighted by atomic mass is 16.3. The van der Waals surface area contributed by atoms with Crippen LogP contribution in [-0.2, 0) is 0 Å². The predicted molar refractivity (Wildman–Crippen MR) is 60.6 cm³/mol. The van der Waals surface area contributed by atoms with Crippen LogP contribution < -0.4 is 5.73 Å². The van der Waals surface area contributed by atoms with Crippen LogP contribution in [0.4, 0.5) is 5.69 Å². The number of aliphatic hydroxyl groups excluding tert-OH is 1. The van der Waals surface area contributed by atoms with Crippen LogP contribution in [0.5, 0.6) is 0 Å². The first-order chi connectivity index (χ1) is 7.00. The number of carbonyl (C=O) groups is 1. The number of aliphatic hydroxyl groups is 1. The number of benzene rings is 1. The summed E-state index contributed by atoms with van der Waals surface area (Å²) in [7, 11) is 0. The van der Waals surface area contributed by atoms with Crippen molar-refractivity contribution in [3.05, 3.63) is 29.8 Å². The van der Waals surface area contributed by atoms with Crippen LogP contribution in [-0.4, -0.2) is 17.0 Å². The Bertz CT molecular complexity index is 347. The number of carbonyl (C=O) groups excluding carboxylic acids is 1. The summed E-state index contributed by atoms with van der Waals surface area (Å²) in [6, 6.07) is 6.82. The highest BCUT2D eigenvalue weighted by Crippen LogP contribution is 2.13. The highest BCUT2D eigenvalue weighted by molar-refractivity contribution is 5.97. The third-order valence-corrected chi connectivity index (χ3v) is 2.37. The van der Waals surface area contributed by atoms with Crippen molar-refractivity contribution in [1.82, 2.24) is 0 Å². The van der Waals surface area contributed by atoms with Crippen LogP contribution in [0.3, 0.4) is 0 Å². The van der Waals surface area contributed by atoms with E-state index in [1.54, 1.807) is 24.3 Å². The number of hydrogen-bond donors (Lipinski definition) is 2. The molecule has 0 aliphatic heterocycles. The number of nitrogen functional groups attached to an aromatic ring is 1. The van der Waals surface area contributed by atoms with E-state index >= 15 is 0 Å². The lowest BCUT2D eigenvalue weighted by atomic mass is 9.98. The molecule has 0 heterocycles. The van der Waals surface area contributed by atoms with E-state index in [2.05, 4.69) is 0 Å². The van der Waals surface area contributed by atoms with Crippen molar-refractivity contribution >= 4 is 11.5 Å². The molecule has 1 rings (SSSR count). The van der Waals surface area contributed by atoms with Crippen molar-refractivity contribution < 1.29 is 9.90 Å². The zero-order valence-corrected chi connectivity index (χ0v) is 9.10. The van der Waals surface area contributed by atoms with Gasteiger partial charge in [0.25, 0.3) is 0 Å². The molecule has 1 aromatic rings. The third kappa shape index (κ3) is 3.36. The lowest BCUT2D eigenvalue weighted by molar-refractivity contribution is 0.0790. The average molecular weight is 207 g/mol. The highest BCUT2D eigenvalue weighted by Gasteiger charge is 2.15. The summed E-state index contributed by atoms with van der Waals surface area (Å²) in [5.74, 6) is 0.0264. The monoisotopic (exact) mass is 207 g/mol. The van der Waals surface area contributed by atoms with Crippen LogP contribution in [0.2, 0.25) is 0 Å². The molecule has 0 aromatic heterocycles. The fourth-order valence-corrected chi connectivity index (χ4v) is 1.26. The minimum atomic E-state index is -0.584. The summed E-state index contributed by atoms with van der Waals surface area (Å²) in [5.41, 5.74) is 6.71. The molecule has 3 N–H and O–H groups in total. The summed E-state index contributed by atoms with van der Waals surface area (Å²) < 4.78 is 0. The molecule has 15 heavy (non-hydrogen) atoms. The number of hydrogen-bond acceptors (Lipinski definition) is 3. The average Bonchev–Trinajstić information content (AvgIpc) is 2.17. The number of nitrogens with two attached hydrogens (primary N) is 1. The number of ketones is 1. The van der Waals surface area contributed by atoms with Crippen LogP contribution >= 0.6 is 0 Å². The van der Waals surface area contributed by atoms with Gasteiger partial charge in [-0.05, 0) is 18.1 Å². The van der Waals surface area contributed by atoms with E-state index in [-0.39, 0.29) is 18.1 Å². The molecule has 0 saturated carbocycles. The van der Waals surface area contributed by atoms with E-state index in [9.17, 15) is 9.90 Å². The Morgan fingerprint density at radius 2 is 2.13 bits per heavy atom. The van der Waals surface area contributed by atoms with Gasteiger partial charge in [0.15, 0.2) is 5.78 Å². The molecule has 0 aliphatic rings. The normalized spacial score (nSPS) is 12.8. The summed E-state index contributed by atoms with van der Waals surface area (Å²) in [5, 5.41) is 9.58. The first-order valence-electron chi connectivity index (χ1n) is 5.07. The van der Waals surface area contributed by atoms with Crippen molar-refractivity contribution in [3.8, 4) is 0 Å². The molecule has 0 aliphatic carbocycles. The third-order valence-electron chi connectivity index (χ3n) is 2.37. The molecule has 0 amide bonds. The fourth-order valence-electron chi connectivity index (χ4n) is 1.26. The van der Waals surface area contributed by atoms with E-state index in [1.165, 1.54) is 0 Å². The molecule has 0 radical (unpaired) electrons. The minimum absolute atomic E-state index is 0.0662. The molecule has 0 saturated heterocycles. The lowest BCUT2D eigenvalue weighted by Gasteiger charge is -2.13. The largest absolute Gasteiger partial charge is 0.399 e. The Hall–Kier alpha value is -1.35. The van der Waals surface area contributed by atoms with E-state index in [0.29, 0.717) is 11.3 Å². The van der Waals surface area contributed by atoms with E-state index < -0.39 is 6.10 Å². The Kier molecular flexibility index (Phi) is 3.86. The molecule has 0 bridgehead atoms. The molecule has 3 nitrogen and oxygen atoms in total. The summed E-state index contributed by atoms with van der Waals surface area (Å²) in [6.07, 6.45) is -0.430. The van der Waals surface area contributed by atoms with Gasteiger partial charge in [0.2, 0.25) is 0 Å². The van der Waals surface area contributed by atoms with Crippen molar-refractivity contribution in [2.24, 2.45) is 5.92 Å². The van der Waals surface area contributed by atoms with Crippen LogP contribution in [0.1, 0.15) is 30.6 Å². The van der Waals surface area contributed by atoms with Gasteiger partial charge < -0.3 is 10.8 Å². The second-order valence-electron chi connectivity index (χ2n) is 4.06. The van der Waals surface area contributed by atoms with Gasteiger partial charge >= 0.3 is 0 Å². The quantitative estimate of drug-likeness (QED) is 0.585. The second-order valence-corrected chi connectivity index (χ2v) is 4.06. The molecule has 0 fully saturated rings. The van der Waals surface area contributed by atoms with E-state index in [4.69, 9.17) is 5.73 Å². The van der Waals surface area contributed by atoms with Gasteiger partial charge in [-0.3, -0.25) is 4.79 Å². The second kappa shape index (κ2) is 4.94. The summed E-state index contributed by atoms with van der Waals surface area (Å²) in [4.78, 5) is 11.7. The van der Waals surface area contributed by atoms with Gasteiger partial charge in [0.1, 0.15) is 0 Å². The minimum Gasteiger partial charge on any atom is -0.399 e. The topological polar surface area (TPSA) is 63.3 Å². The standard InChI is InChI=1S/C12H17NO2/c1-8(2)11(14)7-12(15)9-4-3-5-10(13)6-9/h3-6,8,11,14H,7,13H2,1-2H3/t11-/m0/s1. The van der Waals surface area contributed by atoms with Crippen molar-refractivity contribution in [2.45, 2.75) is 26.4 Å². The number of anilines is 1. The van der Waals surface area contributed by atoms with Gasteiger partial charge in [-0.15, -0.1) is 0 Å². The predicted octanol–water partition coefficient (Wildman–Crippen LogP) is 1.86. The van der Waals surface area contributed by atoms with Gasteiger partial charge in [-0.2, -0.15) is 0 Å². The van der Waals surface area contributed by atoms with Gasteiger partial charge in [0, 0.05) is 17.7 Å². The Balaban J connectivity index is 2.69. The van der Waals surface area contributed by atoms with Gasteiger partial charge in [0.05, 0.1) is 6.10 Å². The Morgan fingerprint density at radius 1 is 1.47 bits per heavy atom. The molecular formula is C12H17NO2. The molecule has 1 aromatic carbocycles. The van der Waals surface area contributed by atoms with E-state index in [0.717, 1.165) is 0 Å². The van der Waals surface area contributed by atoms with Crippen LogP contribution in [0, 0.1) is 5.92 Å². The maximum atomic E-state index is 11.7. The van der Waals surface area contributed by atoms with Crippen LogP contribution in [0.15, 0.2) is 24.3 Å². The lowest BCUT2D eigenvalue weighted by Crippen LogP contribution is -2.19. The van der Waals surface area contributed by atoms with Crippen molar-refractivity contribution in [2.75, 3.05) is 5.73 Å². The zero-order chi connectivity index (χ0) is 11.4. The first kappa shape index (κ1) is 11.7. The maximum absolute atomic E-state index is 11.7. The number of Topliss-reactive ketones (excluding diaryl/α,β-unsaturated/α-hetero) is 1. The zero-order valence-electron chi connectivity index (χ0n) is 9.10. The SMILES string of the molecule is CC(C)[C@@H](O)CC(=O)c1cccc(N)c1. The van der Waals surface area contributed by atoms with Gasteiger partial charge in [-0.25, -0.2) is 0 Å². The smallest absolute Gasteiger partial charge is 0.165 e. The number of rotatable bonds is 4. The van der Waals surface area contributed by atoms with Crippen LogP contribution in [0.25, 0.3) is 0 Å². The first-order valence-corrected chi connectivity index (χ1v) is 5.07. The Labute approximate surface area is 89.9 Å². The molecular weight excluding hydrogens is 190 g/mol.